The van der Waals surface area contributed by atoms with Gasteiger partial charge in [-0.1, -0.05) is 26.0 Å². The highest BCUT2D eigenvalue weighted by Gasteiger charge is 2.26. The van der Waals surface area contributed by atoms with Crippen LogP contribution in [0.25, 0.3) is 0 Å². The van der Waals surface area contributed by atoms with E-state index in [9.17, 15) is 9.90 Å². The van der Waals surface area contributed by atoms with Gasteiger partial charge in [-0.3, -0.25) is 4.79 Å². The van der Waals surface area contributed by atoms with Gasteiger partial charge in [-0.25, -0.2) is 0 Å². The number of benzene rings is 1. The van der Waals surface area contributed by atoms with E-state index in [-0.39, 0.29) is 17.9 Å². The molecule has 3 heteroatoms. The standard InChI is InChI=1S/C13H17NO2/c1-13(2,8-15)10-4-3-5-11-9(10)6-7-12(16)14-11/h3-5,15H,6-8H2,1-2H3,(H,14,16). The van der Waals surface area contributed by atoms with Gasteiger partial charge in [0.25, 0.3) is 0 Å². The summed E-state index contributed by atoms with van der Waals surface area (Å²) < 4.78 is 0. The van der Waals surface area contributed by atoms with Gasteiger partial charge in [0.2, 0.25) is 5.91 Å². The number of fused-ring (bicyclic) bond motifs is 1. The number of anilines is 1. The number of carbonyl (C=O) groups is 1. The predicted octanol–water partition coefficient (Wildman–Crippen LogP) is 1.84. The summed E-state index contributed by atoms with van der Waals surface area (Å²) >= 11 is 0. The molecular formula is C13H17NO2. The van der Waals surface area contributed by atoms with Crippen molar-refractivity contribution in [2.75, 3.05) is 11.9 Å². The molecule has 1 aromatic carbocycles. The Morgan fingerprint density at radius 3 is 2.81 bits per heavy atom. The molecule has 2 rings (SSSR count). The summed E-state index contributed by atoms with van der Waals surface area (Å²) in [6, 6.07) is 5.88. The molecule has 1 aromatic rings. The van der Waals surface area contributed by atoms with Gasteiger partial charge >= 0.3 is 0 Å². The maximum atomic E-state index is 11.3. The molecule has 2 N–H and O–H groups in total. The first-order valence-electron chi connectivity index (χ1n) is 5.58. The molecule has 86 valence electrons. The average molecular weight is 219 g/mol. The zero-order valence-electron chi connectivity index (χ0n) is 9.71. The fraction of sp³-hybridized carbons (Fsp3) is 0.462. The third-order valence-corrected chi connectivity index (χ3v) is 3.18. The number of carbonyl (C=O) groups excluding carboxylic acids is 1. The second-order valence-corrected chi connectivity index (χ2v) is 4.92. The van der Waals surface area contributed by atoms with Gasteiger partial charge in [0.15, 0.2) is 0 Å². The Morgan fingerprint density at radius 1 is 1.38 bits per heavy atom. The third-order valence-electron chi connectivity index (χ3n) is 3.18. The van der Waals surface area contributed by atoms with Crippen LogP contribution >= 0.6 is 0 Å². The highest BCUT2D eigenvalue weighted by molar-refractivity contribution is 5.94. The van der Waals surface area contributed by atoms with Crippen LogP contribution in [0.5, 0.6) is 0 Å². The zero-order chi connectivity index (χ0) is 11.8. The molecule has 0 aliphatic carbocycles. The van der Waals surface area contributed by atoms with Gasteiger partial charge < -0.3 is 10.4 Å². The Bertz CT molecular complexity index is 424. The molecule has 0 saturated heterocycles. The van der Waals surface area contributed by atoms with Crippen molar-refractivity contribution in [1.29, 1.82) is 0 Å². The van der Waals surface area contributed by atoms with E-state index in [1.165, 1.54) is 5.56 Å². The minimum atomic E-state index is -0.257. The molecule has 0 fully saturated rings. The quantitative estimate of drug-likeness (QED) is 0.797. The number of amides is 1. The lowest BCUT2D eigenvalue weighted by Gasteiger charge is -2.29. The summed E-state index contributed by atoms with van der Waals surface area (Å²) in [6.45, 7) is 4.13. The van der Waals surface area contributed by atoms with Crippen LogP contribution in [-0.2, 0) is 16.6 Å². The summed E-state index contributed by atoms with van der Waals surface area (Å²) in [5.41, 5.74) is 2.94. The van der Waals surface area contributed by atoms with E-state index < -0.39 is 0 Å². The summed E-state index contributed by atoms with van der Waals surface area (Å²) in [5, 5.41) is 12.3. The van der Waals surface area contributed by atoms with Gasteiger partial charge in [-0.05, 0) is 23.6 Å². The van der Waals surface area contributed by atoms with Crippen molar-refractivity contribution in [3.8, 4) is 0 Å². The number of rotatable bonds is 2. The summed E-state index contributed by atoms with van der Waals surface area (Å²) in [7, 11) is 0. The van der Waals surface area contributed by atoms with Crippen LogP contribution in [0.15, 0.2) is 18.2 Å². The molecule has 1 aliphatic rings. The first-order chi connectivity index (χ1) is 7.54. The Morgan fingerprint density at radius 2 is 2.12 bits per heavy atom. The van der Waals surface area contributed by atoms with E-state index in [0.717, 1.165) is 17.7 Å². The third kappa shape index (κ3) is 1.83. The number of hydrogen-bond acceptors (Lipinski definition) is 2. The van der Waals surface area contributed by atoms with E-state index >= 15 is 0 Å². The topological polar surface area (TPSA) is 49.3 Å². The number of nitrogens with one attached hydrogen (secondary N) is 1. The zero-order valence-corrected chi connectivity index (χ0v) is 9.71. The van der Waals surface area contributed by atoms with Gasteiger partial charge in [0.1, 0.15) is 0 Å². The van der Waals surface area contributed by atoms with Crippen LogP contribution in [0.3, 0.4) is 0 Å². The Balaban J connectivity index is 2.49. The summed E-state index contributed by atoms with van der Waals surface area (Å²) in [6.07, 6.45) is 1.30. The lowest BCUT2D eigenvalue weighted by molar-refractivity contribution is -0.116. The summed E-state index contributed by atoms with van der Waals surface area (Å²) in [4.78, 5) is 11.3. The van der Waals surface area contributed by atoms with E-state index in [1.54, 1.807) is 0 Å². The molecular weight excluding hydrogens is 202 g/mol. The molecule has 0 aromatic heterocycles. The molecule has 16 heavy (non-hydrogen) atoms. The van der Waals surface area contributed by atoms with Crippen LogP contribution in [0.4, 0.5) is 5.69 Å². The monoisotopic (exact) mass is 219 g/mol. The van der Waals surface area contributed by atoms with Gasteiger partial charge in [-0.2, -0.15) is 0 Å². The SMILES string of the molecule is CC(C)(CO)c1cccc2c1CCC(=O)N2. The van der Waals surface area contributed by atoms with Crippen molar-refractivity contribution >= 4 is 11.6 Å². The van der Waals surface area contributed by atoms with Gasteiger partial charge in [-0.15, -0.1) is 0 Å². The Kier molecular flexibility index (Phi) is 2.72. The van der Waals surface area contributed by atoms with Crippen molar-refractivity contribution in [2.45, 2.75) is 32.1 Å². The maximum Gasteiger partial charge on any atom is 0.224 e. The average Bonchev–Trinajstić information content (AvgIpc) is 2.27. The van der Waals surface area contributed by atoms with Crippen LogP contribution in [0.2, 0.25) is 0 Å². The lowest BCUT2D eigenvalue weighted by Crippen LogP contribution is -2.27. The smallest absolute Gasteiger partial charge is 0.224 e. The second kappa shape index (κ2) is 3.91. The molecule has 3 nitrogen and oxygen atoms in total. The van der Waals surface area contributed by atoms with Crippen LogP contribution < -0.4 is 5.32 Å². The molecule has 1 aliphatic heterocycles. The van der Waals surface area contributed by atoms with Crippen LogP contribution in [-0.4, -0.2) is 17.6 Å². The Labute approximate surface area is 95.5 Å². The minimum Gasteiger partial charge on any atom is -0.395 e. The molecule has 0 atom stereocenters. The van der Waals surface area contributed by atoms with E-state index in [4.69, 9.17) is 0 Å². The van der Waals surface area contributed by atoms with Crippen molar-refractivity contribution in [2.24, 2.45) is 0 Å². The molecule has 0 unspecified atom stereocenters. The molecule has 1 heterocycles. The predicted molar refractivity (Wildman–Crippen MR) is 63.5 cm³/mol. The second-order valence-electron chi connectivity index (χ2n) is 4.92. The molecule has 0 saturated carbocycles. The summed E-state index contributed by atoms with van der Waals surface area (Å²) in [5.74, 6) is 0.0754. The van der Waals surface area contributed by atoms with Crippen molar-refractivity contribution < 1.29 is 9.90 Å². The van der Waals surface area contributed by atoms with Crippen molar-refractivity contribution in [1.82, 2.24) is 0 Å². The van der Waals surface area contributed by atoms with E-state index in [2.05, 4.69) is 5.32 Å². The largest absolute Gasteiger partial charge is 0.395 e. The molecule has 0 bridgehead atoms. The van der Waals surface area contributed by atoms with Gasteiger partial charge in [0, 0.05) is 17.5 Å². The number of aliphatic hydroxyl groups is 1. The van der Waals surface area contributed by atoms with Crippen molar-refractivity contribution in [3.63, 3.8) is 0 Å². The van der Waals surface area contributed by atoms with Gasteiger partial charge in [0.05, 0.1) is 6.61 Å². The molecule has 0 spiro atoms. The number of hydrogen-bond donors (Lipinski definition) is 2. The highest BCUT2D eigenvalue weighted by Crippen LogP contribution is 2.33. The fourth-order valence-corrected chi connectivity index (χ4v) is 2.14. The van der Waals surface area contributed by atoms with Crippen molar-refractivity contribution in [3.05, 3.63) is 29.3 Å². The van der Waals surface area contributed by atoms with Crippen LogP contribution in [0.1, 0.15) is 31.4 Å². The lowest BCUT2D eigenvalue weighted by atomic mass is 9.80. The van der Waals surface area contributed by atoms with Crippen LogP contribution in [0, 0.1) is 0 Å². The normalized spacial score (nSPS) is 15.6. The molecule has 1 amide bonds. The highest BCUT2D eigenvalue weighted by atomic mass is 16.3. The molecule has 0 radical (unpaired) electrons. The first kappa shape index (κ1) is 11.1. The maximum absolute atomic E-state index is 11.3. The first-order valence-corrected chi connectivity index (χ1v) is 5.58. The van der Waals surface area contributed by atoms with E-state index in [0.29, 0.717) is 6.42 Å². The number of aliphatic hydroxyl groups excluding tert-OH is 1. The Hall–Kier alpha value is -1.35. The minimum absolute atomic E-state index is 0.0754. The fourth-order valence-electron chi connectivity index (χ4n) is 2.14. The van der Waals surface area contributed by atoms with E-state index in [1.807, 2.05) is 32.0 Å².